The minimum atomic E-state index is -0.999. The molecule has 2 rings (SSSR count). The molecule has 0 amide bonds. The lowest BCUT2D eigenvalue weighted by Crippen LogP contribution is -2.04. The van der Waals surface area contributed by atoms with E-state index < -0.39 is 6.10 Å². The molecule has 0 aliphatic carbocycles. The molecule has 2 aromatic rings. The number of ether oxygens (including phenoxy) is 2. The van der Waals surface area contributed by atoms with E-state index in [0.717, 1.165) is 0 Å². The highest BCUT2D eigenvalue weighted by Gasteiger charge is 2.21. The van der Waals surface area contributed by atoms with Crippen molar-refractivity contribution in [2.75, 3.05) is 14.2 Å². The van der Waals surface area contributed by atoms with Crippen LogP contribution < -0.4 is 9.47 Å². The Morgan fingerprint density at radius 2 is 1.65 bits per heavy atom. The number of hydrogen-bond donors (Lipinski definition) is 1. The normalized spacial score (nSPS) is 12.1. The molecule has 0 saturated heterocycles. The fraction of sp³-hybridized carbons (Fsp3) is 0.200. The van der Waals surface area contributed by atoms with Gasteiger partial charge in [0.2, 0.25) is 0 Å². The molecule has 1 N–H and O–H groups in total. The molecule has 0 aliphatic heterocycles. The van der Waals surface area contributed by atoms with Crippen LogP contribution in [0.25, 0.3) is 0 Å². The highest BCUT2D eigenvalue weighted by Crippen LogP contribution is 2.38. The first-order valence-corrected chi connectivity index (χ1v) is 6.68. The summed E-state index contributed by atoms with van der Waals surface area (Å²) in [6.45, 7) is 0. The zero-order valence-corrected chi connectivity index (χ0v) is 12.6. The largest absolute Gasteiger partial charge is 0.497 e. The molecule has 0 radical (unpaired) electrons. The van der Waals surface area contributed by atoms with E-state index in [4.69, 9.17) is 32.7 Å². The van der Waals surface area contributed by atoms with Crippen molar-refractivity contribution in [1.82, 2.24) is 0 Å². The zero-order chi connectivity index (χ0) is 14.7. The van der Waals surface area contributed by atoms with Crippen LogP contribution in [0.3, 0.4) is 0 Å². The van der Waals surface area contributed by atoms with Crippen molar-refractivity contribution in [1.29, 1.82) is 0 Å². The van der Waals surface area contributed by atoms with E-state index in [-0.39, 0.29) is 0 Å². The molecule has 1 atom stereocenters. The predicted octanol–water partition coefficient (Wildman–Crippen LogP) is 4.09. The van der Waals surface area contributed by atoms with Crippen molar-refractivity contribution in [3.05, 3.63) is 57.6 Å². The minimum Gasteiger partial charge on any atom is -0.497 e. The third kappa shape index (κ3) is 2.85. The number of methoxy groups -OCH3 is 2. The van der Waals surface area contributed by atoms with Gasteiger partial charge in [-0.05, 0) is 30.3 Å². The number of rotatable bonds is 4. The number of aliphatic hydroxyl groups excluding tert-OH is 1. The fourth-order valence-electron chi connectivity index (χ4n) is 1.98. The van der Waals surface area contributed by atoms with E-state index >= 15 is 0 Å². The van der Waals surface area contributed by atoms with Crippen LogP contribution in [0.5, 0.6) is 11.5 Å². The van der Waals surface area contributed by atoms with Crippen molar-refractivity contribution in [2.45, 2.75) is 6.10 Å². The summed E-state index contributed by atoms with van der Waals surface area (Å²) in [5.41, 5.74) is 0.990. The highest BCUT2D eigenvalue weighted by molar-refractivity contribution is 6.36. The van der Waals surface area contributed by atoms with E-state index in [1.54, 1.807) is 43.5 Å². The second-order valence-corrected chi connectivity index (χ2v) is 4.96. The molecule has 0 aromatic heterocycles. The molecule has 0 fully saturated rings. The average molecular weight is 313 g/mol. The van der Waals surface area contributed by atoms with Crippen LogP contribution in [0.15, 0.2) is 36.4 Å². The standard InChI is InChI=1S/C15H14Cl2O3/c1-19-9-6-7-13(20-2)10(8-9)15(18)14-11(16)4-3-5-12(14)17/h3-8,15,18H,1-2H3. The van der Waals surface area contributed by atoms with Gasteiger partial charge in [-0.2, -0.15) is 0 Å². The molecule has 0 heterocycles. The third-order valence-corrected chi connectivity index (χ3v) is 3.66. The lowest BCUT2D eigenvalue weighted by Gasteiger charge is -2.18. The van der Waals surface area contributed by atoms with Gasteiger partial charge >= 0.3 is 0 Å². The quantitative estimate of drug-likeness (QED) is 0.924. The molecule has 1 unspecified atom stereocenters. The molecule has 0 spiro atoms. The van der Waals surface area contributed by atoms with Crippen LogP contribution >= 0.6 is 23.2 Å². The Kier molecular flexibility index (Phi) is 4.76. The Hall–Kier alpha value is -1.42. The van der Waals surface area contributed by atoms with Crippen molar-refractivity contribution in [3.8, 4) is 11.5 Å². The van der Waals surface area contributed by atoms with Crippen molar-refractivity contribution in [2.24, 2.45) is 0 Å². The molecular formula is C15H14Cl2O3. The summed E-state index contributed by atoms with van der Waals surface area (Å²) in [7, 11) is 3.09. The van der Waals surface area contributed by atoms with Gasteiger partial charge in [-0.1, -0.05) is 29.3 Å². The average Bonchev–Trinajstić information content (AvgIpc) is 2.46. The van der Waals surface area contributed by atoms with Crippen molar-refractivity contribution >= 4 is 23.2 Å². The SMILES string of the molecule is COc1ccc(OC)c(C(O)c2c(Cl)cccc2Cl)c1. The van der Waals surface area contributed by atoms with E-state index in [1.807, 2.05) is 0 Å². The van der Waals surface area contributed by atoms with Gasteiger partial charge in [0.25, 0.3) is 0 Å². The Morgan fingerprint density at radius 3 is 2.20 bits per heavy atom. The highest BCUT2D eigenvalue weighted by atomic mass is 35.5. The van der Waals surface area contributed by atoms with Gasteiger partial charge in [-0.25, -0.2) is 0 Å². The van der Waals surface area contributed by atoms with Crippen LogP contribution in [-0.4, -0.2) is 19.3 Å². The Morgan fingerprint density at radius 1 is 1.00 bits per heavy atom. The number of hydrogen-bond acceptors (Lipinski definition) is 3. The van der Waals surface area contributed by atoms with E-state index in [0.29, 0.717) is 32.7 Å². The van der Waals surface area contributed by atoms with Gasteiger partial charge in [0.15, 0.2) is 0 Å². The summed E-state index contributed by atoms with van der Waals surface area (Å²) in [4.78, 5) is 0. The molecule has 106 valence electrons. The summed E-state index contributed by atoms with van der Waals surface area (Å²) in [6.07, 6.45) is -0.999. The monoisotopic (exact) mass is 312 g/mol. The van der Waals surface area contributed by atoms with Gasteiger partial charge in [0, 0.05) is 21.2 Å². The fourth-order valence-corrected chi connectivity index (χ4v) is 2.58. The molecule has 0 bridgehead atoms. The minimum absolute atomic E-state index is 0.398. The number of halogens is 2. The molecular weight excluding hydrogens is 299 g/mol. The summed E-state index contributed by atoms with van der Waals surface area (Å²) >= 11 is 12.3. The van der Waals surface area contributed by atoms with Crippen molar-refractivity contribution < 1.29 is 14.6 Å². The lowest BCUT2D eigenvalue weighted by molar-refractivity contribution is 0.214. The van der Waals surface area contributed by atoms with Gasteiger partial charge in [0.05, 0.1) is 14.2 Å². The van der Waals surface area contributed by atoms with Crippen molar-refractivity contribution in [3.63, 3.8) is 0 Å². The lowest BCUT2D eigenvalue weighted by atomic mass is 10.00. The first-order chi connectivity index (χ1) is 9.58. The van der Waals surface area contributed by atoms with Crippen LogP contribution in [-0.2, 0) is 0 Å². The Labute approximate surface area is 127 Å². The summed E-state index contributed by atoms with van der Waals surface area (Å²) in [5, 5.41) is 11.4. The third-order valence-electron chi connectivity index (χ3n) is 3.00. The second kappa shape index (κ2) is 6.35. The predicted molar refractivity (Wildman–Crippen MR) is 80.1 cm³/mol. The van der Waals surface area contributed by atoms with Gasteiger partial charge < -0.3 is 14.6 Å². The van der Waals surface area contributed by atoms with Gasteiger partial charge in [-0.3, -0.25) is 0 Å². The smallest absolute Gasteiger partial charge is 0.125 e. The van der Waals surface area contributed by atoms with E-state index in [1.165, 1.54) is 7.11 Å². The second-order valence-electron chi connectivity index (χ2n) is 4.15. The van der Waals surface area contributed by atoms with E-state index in [2.05, 4.69) is 0 Å². The summed E-state index contributed by atoms with van der Waals surface area (Å²) in [5.74, 6) is 1.15. The molecule has 2 aromatic carbocycles. The van der Waals surface area contributed by atoms with Gasteiger partial charge in [-0.15, -0.1) is 0 Å². The van der Waals surface area contributed by atoms with Crippen LogP contribution in [0.2, 0.25) is 10.0 Å². The van der Waals surface area contributed by atoms with Crippen LogP contribution in [0.1, 0.15) is 17.2 Å². The molecule has 20 heavy (non-hydrogen) atoms. The first kappa shape index (κ1) is 15.0. The van der Waals surface area contributed by atoms with Crippen LogP contribution in [0.4, 0.5) is 0 Å². The zero-order valence-electron chi connectivity index (χ0n) is 11.1. The molecule has 0 saturated carbocycles. The summed E-state index contributed by atoms with van der Waals surface area (Å²) in [6, 6.07) is 10.3. The summed E-state index contributed by atoms with van der Waals surface area (Å²) < 4.78 is 10.4. The molecule has 3 nitrogen and oxygen atoms in total. The molecule has 5 heteroatoms. The van der Waals surface area contributed by atoms with E-state index in [9.17, 15) is 5.11 Å². The Balaban J connectivity index is 2.55. The maximum absolute atomic E-state index is 10.6. The maximum atomic E-state index is 10.6. The topological polar surface area (TPSA) is 38.7 Å². The number of aliphatic hydroxyl groups is 1. The molecule has 0 aliphatic rings. The van der Waals surface area contributed by atoms with Crippen LogP contribution in [0, 0.1) is 0 Å². The maximum Gasteiger partial charge on any atom is 0.125 e. The van der Waals surface area contributed by atoms with Gasteiger partial charge in [0.1, 0.15) is 17.6 Å². The first-order valence-electron chi connectivity index (χ1n) is 5.92. The number of benzene rings is 2. The Bertz CT molecular complexity index is 594.